The zero-order chi connectivity index (χ0) is 18.5. The molecule has 3 aliphatic heterocycles. The number of aryl methyl sites for hydroxylation is 1. The molecule has 27 heavy (non-hydrogen) atoms. The van der Waals surface area contributed by atoms with E-state index in [1.165, 1.54) is 50.9 Å². The Labute approximate surface area is 163 Å². The number of hydrogen-bond donors (Lipinski definition) is 0. The smallest absolute Gasteiger partial charge is 0.223 e. The third-order valence-corrected chi connectivity index (χ3v) is 6.94. The van der Waals surface area contributed by atoms with Gasteiger partial charge in [0.1, 0.15) is 0 Å². The molecule has 0 aliphatic carbocycles. The van der Waals surface area contributed by atoms with E-state index in [-0.39, 0.29) is 5.41 Å². The number of carbonyl (C=O) groups is 1. The maximum atomic E-state index is 12.6. The summed E-state index contributed by atoms with van der Waals surface area (Å²) in [5, 5.41) is 0. The Balaban J connectivity index is 1.19. The molecule has 1 aromatic carbocycles. The van der Waals surface area contributed by atoms with Gasteiger partial charge in [-0.3, -0.25) is 4.79 Å². The van der Waals surface area contributed by atoms with Crippen molar-refractivity contribution >= 4 is 5.91 Å². The third kappa shape index (κ3) is 4.91. The predicted molar refractivity (Wildman–Crippen MR) is 108 cm³/mol. The first-order chi connectivity index (χ1) is 13.2. The van der Waals surface area contributed by atoms with E-state index in [2.05, 4.69) is 40.1 Å². The summed E-state index contributed by atoms with van der Waals surface area (Å²) in [6.07, 6.45) is 7.81. The highest BCUT2D eigenvalue weighted by Crippen LogP contribution is 2.41. The van der Waals surface area contributed by atoms with Crippen molar-refractivity contribution < 1.29 is 9.53 Å². The Hall–Kier alpha value is -1.39. The molecule has 1 amide bonds. The molecule has 1 aromatic rings. The fourth-order valence-electron chi connectivity index (χ4n) is 5.07. The van der Waals surface area contributed by atoms with Gasteiger partial charge in [0.25, 0.3) is 0 Å². The van der Waals surface area contributed by atoms with E-state index in [1.54, 1.807) is 0 Å². The molecule has 4 nitrogen and oxygen atoms in total. The molecule has 4 rings (SSSR count). The van der Waals surface area contributed by atoms with Gasteiger partial charge in [-0.1, -0.05) is 30.3 Å². The van der Waals surface area contributed by atoms with Gasteiger partial charge in [-0.15, -0.1) is 0 Å². The Bertz CT molecular complexity index is 604. The fraction of sp³-hybridized carbons (Fsp3) is 0.696. The van der Waals surface area contributed by atoms with Gasteiger partial charge in [0.05, 0.1) is 0 Å². The Morgan fingerprint density at radius 1 is 1.11 bits per heavy atom. The third-order valence-electron chi connectivity index (χ3n) is 6.94. The number of amides is 1. The first kappa shape index (κ1) is 18.9. The summed E-state index contributed by atoms with van der Waals surface area (Å²) < 4.78 is 5.50. The summed E-state index contributed by atoms with van der Waals surface area (Å²) in [4.78, 5) is 17.3. The fourth-order valence-corrected chi connectivity index (χ4v) is 5.07. The van der Waals surface area contributed by atoms with E-state index in [1.807, 2.05) is 0 Å². The normalized spacial score (nSPS) is 25.6. The second kappa shape index (κ2) is 8.74. The second-order valence-electron chi connectivity index (χ2n) is 8.94. The maximum Gasteiger partial charge on any atom is 0.223 e. The maximum absolute atomic E-state index is 12.6. The van der Waals surface area contributed by atoms with Crippen molar-refractivity contribution in [1.29, 1.82) is 0 Å². The van der Waals surface area contributed by atoms with Crippen LogP contribution in [-0.4, -0.2) is 61.6 Å². The van der Waals surface area contributed by atoms with Crippen LogP contribution in [0.4, 0.5) is 0 Å². The van der Waals surface area contributed by atoms with Crippen molar-refractivity contribution in [2.75, 3.05) is 45.9 Å². The van der Waals surface area contributed by atoms with Crippen LogP contribution in [0.5, 0.6) is 0 Å². The zero-order valence-electron chi connectivity index (χ0n) is 16.6. The second-order valence-corrected chi connectivity index (χ2v) is 8.94. The van der Waals surface area contributed by atoms with E-state index >= 15 is 0 Å². The van der Waals surface area contributed by atoms with E-state index in [0.717, 1.165) is 51.5 Å². The molecule has 3 heterocycles. The molecule has 0 N–H and O–H groups in total. The van der Waals surface area contributed by atoms with Gasteiger partial charge in [0.15, 0.2) is 0 Å². The van der Waals surface area contributed by atoms with Crippen LogP contribution in [0.2, 0.25) is 0 Å². The van der Waals surface area contributed by atoms with Crippen LogP contribution >= 0.6 is 0 Å². The number of likely N-dealkylation sites (tertiary alicyclic amines) is 2. The summed E-state index contributed by atoms with van der Waals surface area (Å²) in [7, 11) is 0. The predicted octanol–water partition coefficient (Wildman–Crippen LogP) is 3.36. The van der Waals surface area contributed by atoms with Crippen LogP contribution in [0.15, 0.2) is 30.3 Å². The van der Waals surface area contributed by atoms with Crippen molar-refractivity contribution in [3.8, 4) is 0 Å². The molecule has 0 aromatic heterocycles. The Morgan fingerprint density at radius 2 is 1.93 bits per heavy atom. The molecule has 3 aliphatic rings. The quantitative estimate of drug-likeness (QED) is 0.738. The average Bonchev–Trinajstić information content (AvgIpc) is 3.31. The lowest BCUT2D eigenvalue weighted by Gasteiger charge is -2.39. The van der Waals surface area contributed by atoms with Gasteiger partial charge in [-0.05, 0) is 75.1 Å². The van der Waals surface area contributed by atoms with Gasteiger partial charge in [0.2, 0.25) is 5.91 Å². The topological polar surface area (TPSA) is 32.8 Å². The van der Waals surface area contributed by atoms with E-state index < -0.39 is 0 Å². The highest BCUT2D eigenvalue weighted by atomic mass is 16.5. The largest absolute Gasteiger partial charge is 0.381 e. The molecular weight excluding hydrogens is 336 g/mol. The lowest BCUT2D eigenvalue weighted by atomic mass is 9.77. The first-order valence-electron chi connectivity index (χ1n) is 10.8. The molecule has 1 spiro atoms. The summed E-state index contributed by atoms with van der Waals surface area (Å²) in [6.45, 7) is 7.36. The first-order valence-corrected chi connectivity index (χ1v) is 10.8. The number of nitrogens with zero attached hydrogens (tertiary/aromatic N) is 2. The minimum absolute atomic E-state index is 0.261. The minimum Gasteiger partial charge on any atom is -0.381 e. The van der Waals surface area contributed by atoms with Crippen LogP contribution in [0.3, 0.4) is 0 Å². The molecule has 3 fully saturated rings. The Morgan fingerprint density at radius 3 is 2.67 bits per heavy atom. The van der Waals surface area contributed by atoms with Gasteiger partial charge in [-0.2, -0.15) is 0 Å². The number of hydrogen-bond acceptors (Lipinski definition) is 3. The molecule has 0 unspecified atom stereocenters. The van der Waals surface area contributed by atoms with E-state index in [0.29, 0.717) is 5.91 Å². The average molecular weight is 371 g/mol. The summed E-state index contributed by atoms with van der Waals surface area (Å²) in [6, 6.07) is 10.6. The van der Waals surface area contributed by atoms with Gasteiger partial charge < -0.3 is 14.5 Å². The number of benzene rings is 1. The van der Waals surface area contributed by atoms with E-state index in [9.17, 15) is 4.79 Å². The highest BCUT2D eigenvalue weighted by Gasteiger charge is 2.44. The molecule has 4 heteroatoms. The van der Waals surface area contributed by atoms with Crippen molar-refractivity contribution in [3.05, 3.63) is 35.9 Å². The zero-order valence-corrected chi connectivity index (χ0v) is 16.6. The minimum atomic E-state index is 0.261. The van der Waals surface area contributed by atoms with Crippen LogP contribution < -0.4 is 0 Å². The van der Waals surface area contributed by atoms with Crippen molar-refractivity contribution in [2.24, 2.45) is 11.3 Å². The number of rotatable bonds is 7. The number of carbonyl (C=O) groups excluding carboxylic acids is 1. The lowest BCUT2D eigenvalue weighted by Crippen LogP contribution is -2.42. The summed E-state index contributed by atoms with van der Waals surface area (Å²) >= 11 is 0. The molecule has 148 valence electrons. The molecule has 0 bridgehead atoms. The van der Waals surface area contributed by atoms with Gasteiger partial charge >= 0.3 is 0 Å². The van der Waals surface area contributed by atoms with Crippen LogP contribution in [0.25, 0.3) is 0 Å². The monoisotopic (exact) mass is 370 g/mol. The van der Waals surface area contributed by atoms with Gasteiger partial charge in [0, 0.05) is 32.7 Å². The molecule has 1 atom stereocenters. The molecule has 0 saturated carbocycles. The van der Waals surface area contributed by atoms with E-state index in [4.69, 9.17) is 4.74 Å². The van der Waals surface area contributed by atoms with Crippen molar-refractivity contribution in [3.63, 3.8) is 0 Å². The van der Waals surface area contributed by atoms with Crippen LogP contribution in [0, 0.1) is 11.3 Å². The van der Waals surface area contributed by atoms with Crippen LogP contribution in [0.1, 0.15) is 44.1 Å². The number of piperidine rings is 1. The lowest BCUT2D eigenvalue weighted by molar-refractivity contribution is -0.127. The SMILES string of the molecule is O=C1CC2(CCN(CC[C@@H]3CCOC3)CC2)CN1CCCc1ccccc1. The van der Waals surface area contributed by atoms with Crippen molar-refractivity contribution in [2.45, 2.75) is 44.9 Å². The molecular formula is C23H34N2O2. The summed E-state index contributed by atoms with van der Waals surface area (Å²) in [5.41, 5.74) is 1.64. The van der Waals surface area contributed by atoms with Crippen LogP contribution in [-0.2, 0) is 16.0 Å². The van der Waals surface area contributed by atoms with Gasteiger partial charge in [-0.25, -0.2) is 0 Å². The molecule has 0 radical (unpaired) electrons. The highest BCUT2D eigenvalue weighted by molar-refractivity contribution is 5.79. The van der Waals surface area contributed by atoms with Crippen molar-refractivity contribution in [1.82, 2.24) is 9.80 Å². The standard InChI is InChI=1S/C23H34N2O2/c26-22-17-23(19-25(22)12-4-7-20-5-2-1-3-6-20)10-14-24(15-11-23)13-8-21-9-16-27-18-21/h1-3,5-6,21H,4,7-19H2/t21-/m1/s1. The summed E-state index contributed by atoms with van der Waals surface area (Å²) in [5.74, 6) is 1.16. The Kier molecular flexibility index (Phi) is 6.14. The number of ether oxygens (including phenoxy) is 1. The molecule has 3 saturated heterocycles.